The van der Waals surface area contributed by atoms with Gasteiger partial charge in [-0.3, -0.25) is 0 Å². The molecule has 8 nitrogen and oxygen atoms in total. The van der Waals surface area contributed by atoms with Crippen molar-refractivity contribution in [1.82, 2.24) is 15.4 Å². The van der Waals surface area contributed by atoms with Gasteiger partial charge >= 0.3 is 0 Å². The van der Waals surface area contributed by atoms with Crippen molar-refractivity contribution in [1.29, 1.82) is 0 Å². The van der Waals surface area contributed by atoms with E-state index in [4.69, 9.17) is 4.42 Å². The minimum atomic E-state index is -3.15. The van der Waals surface area contributed by atoms with Crippen LogP contribution in [0.15, 0.2) is 27.8 Å². The van der Waals surface area contributed by atoms with Gasteiger partial charge in [-0.2, -0.15) is 0 Å². The number of hydrogen-bond donors (Lipinski definition) is 4. The van der Waals surface area contributed by atoms with E-state index in [1.807, 2.05) is 6.92 Å². The lowest BCUT2D eigenvalue weighted by Gasteiger charge is -2.19. The van der Waals surface area contributed by atoms with Gasteiger partial charge in [0.25, 0.3) is 0 Å². The average molecular weight is 488 g/mol. The van der Waals surface area contributed by atoms with Crippen molar-refractivity contribution >= 4 is 40.0 Å². The molecular weight excluding hydrogens is 459 g/mol. The van der Waals surface area contributed by atoms with Crippen LogP contribution in [0, 0.1) is 0 Å². The van der Waals surface area contributed by atoms with E-state index in [0.717, 1.165) is 0 Å². The van der Waals surface area contributed by atoms with Crippen molar-refractivity contribution in [2.24, 2.45) is 4.99 Å². The molecule has 0 aliphatic carbocycles. The van der Waals surface area contributed by atoms with Gasteiger partial charge in [-0.1, -0.05) is 0 Å². The van der Waals surface area contributed by atoms with Crippen molar-refractivity contribution in [3.05, 3.63) is 24.2 Å². The summed E-state index contributed by atoms with van der Waals surface area (Å²) < 4.78 is 30.4. The van der Waals surface area contributed by atoms with Gasteiger partial charge in [0.15, 0.2) is 5.96 Å². The number of furan rings is 1. The first-order valence-corrected chi connectivity index (χ1v) is 9.72. The van der Waals surface area contributed by atoms with Crippen molar-refractivity contribution in [2.75, 3.05) is 31.9 Å². The summed E-state index contributed by atoms with van der Waals surface area (Å²) in [5.74, 6) is 1.09. The molecular formula is C15H29IN4O4S. The number of nitrogens with one attached hydrogen (secondary N) is 3. The number of nitrogens with zero attached hydrogens (tertiary/aromatic N) is 1. The summed E-state index contributed by atoms with van der Waals surface area (Å²) in [5, 5.41) is 16.6. The van der Waals surface area contributed by atoms with Gasteiger partial charge in [-0.05, 0) is 39.3 Å². The minimum absolute atomic E-state index is 0. The van der Waals surface area contributed by atoms with Crippen LogP contribution in [-0.4, -0.2) is 51.4 Å². The summed E-state index contributed by atoms with van der Waals surface area (Å²) in [6, 6.07) is 3.42. The van der Waals surface area contributed by atoms with E-state index < -0.39 is 15.6 Å². The van der Waals surface area contributed by atoms with Gasteiger partial charge in [-0.15, -0.1) is 24.0 Å². The number of aliphatic hydroxyl groups is 1. The predicted octanol–water partition coefficient (Wildman–Crippen LogP) is 0.990. The summed E-state index contributed by atoms with van der Waals surface area (Å²) in [6.07, 6.45) is 2.13. The second-order valence-corrected chi connectivity index (χ2v) is 7.62. The second-order valence-electron chi connectivity index (χ2n) is 5.52. The van der Waals surface area contributed by atoms with Crippen LogP contribution in [0.2, 0.25) is 0 Å². The van der Waals surface area contributed by atoms with Crippen LogP contribution in [0.1, 0.15) is 33.0 Å². The number of guanidine groups is 1. The van der Waals surface area contributed by atoms with Crippen molar-refractivity contribution in [3.8, 4) is 0 Å². The van der Waals surface area contributed by atoms with Gasteiger partial charge < -0.3 is 20.2 Å². The summed E-state index contributed by atoms with van der Waals surface area (Å²) >= 11 is 0. The van der Waals surface area contributed by atoms with Crippen molar-refractivity contribution < 1.29 is 17.9 Å². The maximum atomic E-state index is 11.3. The van der Waals surface area contributed by atoms with E-state index in [1.54, 1.807) is 26.0 Å². The molecule has 10 heteroatoms. The first-order chi connectivity index (χ1) is 11.3. The Morgan fingerprint density at radius 2 is 2.04 bits per heavy atom. The maximum absolute atomic E-state index is 11.3. The minimum Gasteiger partial charge on any atom is -0.466 e. The fourth-order valence-corrected chi connectivity index (χ4v) is 2.52. The number of halogens is 1. The van der Waals surface area contributed by atoms with Crippen molar-refractivity contribution in [3.63, 3.8) is 0 Å². The first kappa shape index (κ1) is 24.1. The smallest absolute Gasteiger partial charge is 0.211 e. The Hall–Kier alpha value is -0.850. The molecule has 1 atom stereocenters. The fraction of sp³-hybridized carbons (Fsp3) is 0.667. The molecule has 1 aromatic heterocycles. The molecule has 1 heterocycles. The molecule has 0 amide bonds. The molecule has 0 spiro atoms. The van der Waals surface area contributed by atoms with Crippen LogP contribution in [0.25, 0.3) is 0 Å². The lowest BCUT2D eigenvalue weighted by Crippen LogP contribution is -2.40. The Labute approximate surface area is 166 Å². The Kier molecular flexibility index (Phi) is 11.3. The summed E-state index contributed by atoms with van der Waals surface area (Å²) in [6.45, 7) is 6.92. The number of rotatable bonds is 10. The summed E-state index contributed by atoms with van der Waals surface area (Å²) in [5.41, 5.74) is -1.19. The summed E-state index contributed by atoms with van der Waals surface area (Å²) in [4.78, 5) is 4.35. The van der Waals surface area contributed by atoms with Crippen LogP contribution in [-0.2, 0) is 15.6 Å². The van der Waals surface area contributed by atoms with Crippen LogP contribution in [0.3, 0.4) is 0 Å². The van der Waals surface area contributed by atoms with E-state index in [1.165, 1.54) is 6.26 Å². The molecule has 0 saturated carbocycles. The standard InChI is InChI=1S/C15H28N4O4S.HI/c1-4-16-14(17-9-7-10-19-24(21,22)5-2)18-12-15(3,20)13-8-6-11-23-13;/h6,8,11,19-20H,4-5,7,9-10,12H2,1-3H3,(H2,16,17,18);1H. The first-order valence-electron chi connectivity index (χ1n) is 8.06. The van der Waals surface area contributed by atoms with E-state index in [2.05, 4.69) is 20.3 Å². The molecule has 1 rings (SSSR count). The Bertz CT molecular complexity index is 603. The number of sulfonamides is 1. The van der Waals surface area contributed by atoms with Crippen LogP contribution >= 0.6 is 24.0 Å². The monoisotopic (exact) mass is 488 g/mol. The molecule has 1 unspecified atom stereocenters. The van der Waals surface area contributed by atoms with E-state index >= 15 is 0 Å². The van der Waals surface area contributed by atoms with E-state index in [-0.39, 0.29) is 36.3 Å². The average Bonchev–Trinajstić information content (AvgIpc) is 3.07. The van der Waals surface area contributed by atoms with Crippen LogP contribution in [0.5, 0.6) is 0 Å². The quantitative estimate of drug-likeness (QED) is 0.169. The zero-order valence-electron chi connectivity index (χ0n) is 14.9. The zero-order chi connectivity index (χ0) is 18.1. The largest absolute Gasteiger partial charge is 0.466 e. The molecule has 0 aliphatic rings. The third-order valence-corrected chi connectivity index (χ3v) is 4.69. The van der Waals surface area contributed by atoms with Gasteiger partial charge in [0.1, 0.15) is 11.4 Å². The SMILES string of the molecule is CCNC(=NCC(C)(O)c1ccco1)NCCCNS(=O)(=O)CC.I. The van der Waals surface area contributed by atoms with Crippen LogP contribution < -0.4 is 15.4 Å². The molecule has 0 saturated heterocycles. The lowest BCUT2D eigenvalue weighted by atomic mass is 10.0. The highest BCUT2D eigenvalue weighted by Crippen LogP contribution is 2.20. The molecule has 0 fully saturated rings. The highest BCUT2D eigenvalue weighted by molar-refractivity contribution is 14.0. The molecule has 25 heavy (non-hydrogen) atoms. The zero-order valence-corrected chi connectivity index (χ0v) is 18.1. The molecule has 0 radical (unpaired) electrons. The Morgan fingerprint density at radius 3 is 2.60 bits per heavy atom. The van der Waals surface area contributed by atoms with Crippen molar-refractivity contribution in [2.45, 2.75) is 32.8 Å². The highest BCUT2D eigenvalue weighted by atomic mass is 127. The Morgan fingerprint density at radius 1 is 1.32 bits per heavy atom. The Balaban J connectivity index is 0.00000576. The second kappa shape index (κ2) is 11.7. The fourth-order valence-electron chi connectivity index (χ4n) is 1.86. The molecule has 0 aliphatic heterocycles. The van der Waals surface area contributed by atoms with Gasteiger partial charge in [0.2, 0.25) is 10.0 Å². The summed E-state index contributed by atoms with van der Waals surface area (Å²) in [7, 11) is -3.15. The van der Waals surface area contributed by atoms with E-state index in [9.17, 15) is 13.5 Å². The maximum Gasteiger partial charge on any atom is 0.211 e. The van der Waals surface area contributed by atoms with Gasteiger partial charge in [0.05, 0.1) is 18.6 Å². The molecule has 0 aromatic carbocycles. The predicted molar refractivity (Wildman–Crippen MR) is 110 cm³/mol. The molecule has 1 aromatic rings. The molecule has 146 valence electrons. The van der Waals surface area contributed by atoms with Gasteiger partial charge in [-0.25, -0.2) is 18.1 Å². The van der Waals surface area contributed by atoms with Crippen LogP contribution in [0.4, 0.5) is 0 Å². The number of aliphatic imine (C=N–C) groups is 1. The van der Waals surface area contributed by atoms with E-state index in [0.29, 0.717) is 37.8 Å². The highest BCUT2D eigenvalue weighted by Gasteiger charge is 2.26. The normalized spacial score (nSPS) is 14.5. The molecule has 4 N–H and O–H groups in total. The number of hydrogen-bond acceptors (Lipinski definition) is 5. The lowest BCUT2D eigenvalue weighted by molar-refractivity contribution is 0.0437. The third kappa shape index (κ3) is 9.42. The molecule has 0 bridgehead atoms. The third-order valence-electron chi connectivity index (χ3n) is 3.29. The topological polar surface area (TPSA) is 116 Å². The van der Waals surface area contributed by atoms with Gasteiger partial charge in [0, 0.05) is 19.6 Å².